The highest BCUT2D eigenvalue weighted by Gasteiger charge is 2.48. The molecule has 39 heavy (non-hydrogen) atoms. The first-order valence-corrected chi connectivity index (χ1v) is 14.1. The summed E-state index contributed by atoms with van der Waals surface area (Å²) in [5.41, 5.74) is 3.01. The van der Waals surface area contributed by atoms with E-state index in [1.54, 1.807) is 12.1 Å². The van der Waals surface area contributed by atoms with Gasteiger partial charge in [-0.25, -0.2) is 0 Å². The summed E-state index contributed by atoms with van der Waals surface area (Å²) < 4.78 is 18.6. The number of rotatable bonds is 7. The Morgan fingerprint density at radius 2 is 1.69 bits per heavy atom. The summed E-state index contributed by atoms with van der Waals surface area (Å²) in [6.45, 7) is 3.19. The van der Waals surface area contributed by atoms with Crippen LogP contribution < -0.4 is 4.74 Å². The van der Waals surface area contributed by atoms with E-state index in [2.05, 4.69) is 50.2 Å². The molecular weight excluding hydrogens is 730 g/mol. The normalized spacial score (nSPS) is 16.0. The van der Waals surface area contributed by atoms with E-state index in [1.807, 2.05) is 42.6 Å². The van der Waals surface area contributed by atoms with Gasteiger partial charge in [0.2, 0.25) is 0 Å². The number of cyclic esters (lactones) is 2. The number of H-pyrrole nitrogens is 1. The average molecular weight is 752 g/mol. The predicted molar refractivity (Wildman–Crippen MR) is 159 cm³/mol. The number of para-hydroxylation sites is 1. The Kier molecular flexibility index (Phi) is 7.55. The van der Waals surface area contributed by atoms with Crippen molar-refractivity contribution in [3.63, 3.8) is 0 Å². The molecule has 200 valence electrons. The second-order valence-corrected chi connectivity index (χ2v) is 11.8. The Balaban J connectivity index is 1.54. The van der Waals surface area contributed by atoms with E-state index in [9.17, 15) is 19.7 Å². The molecule has 1 fully saturated rings. The van der Waals surface area contributed by atoms with Crippen molar-refractivity contribution < 1.29 is 28.7 Å². The highest BCUT2D eigenvalue weighted by atomic mass is 127. The van der Waals surface area contributed by atoms with Gasteiger partial charge in [0.25, 0.3) is 11.5 Å². The number of nitro groups is 1. The fourth-order valence-electron chi connectivity index (χ4n) is 4.72. The molecule has 0 unspecified atom stereocenters. The molecule has 4 aromatic rings. The number of carbonyl (C=O) groups is 2. The van der Waals surface area contributed by atoms with E-state index >= 15 is 0 Å². The third-order valence-electron chi connectivity index (χ3n) is 6.37. The summed E-state index contributed by atoms with van der Waals surface area (Å²) in [4.78, 5) is 40.4. The maximum absolute atomic E-state index is 13.2. The molecule has 1 saturated heterocycles. The lowest BCUT2D eigenvalue weighted by molar-refractivity contribution is -0.384. The van der Waals surface area contributed by atoms with E-state index in [1.165, 1.54) is 26.0 Å². The number of esters is 2. The molecule has 11 heteroatoms. The number of aromatic amines is 1. The third kappa shape index (κ3) is 5.60. The van der Waals surface area contributed by atoms with Gasteiger partial charge in [-0.15, -0.1) is 0 Å². The van der Waals surface area contributed by atoms with Crippen LogP contribution in [0.4, 0.5) is 5.69 Å². The molecule has 1 aliphatic rings. The molecular formula is C28H22I2N2O7. The number of fused-ring (bicyclic) bond motifs is 1. The molecule has 0 amide bonds. The van der Waals surface area contributed by atoms with E-state index in [0.717, 1.165) is 29.2 Å². The summed E-state index contributed by atoms with van der Waals surface area (Å²) >= 11 is 4.30. The maximum atomic E-state index is 13.2. The Bertz CT molecular complexity index is 1570. The van der Waals surface area contributed by atoms with Crippen LogP contribution in [0.3, 0.4) is 0 Å². The zero-order valence-electron chi connectivity index (χ0n) is 20.8. The number of benzene rings is 3. The van der Waals surface area contributed by atoms with Gasteiger partial charge in [0.1, 0.15) is 12.4 Å². The second kappa shape index (κ2) is 10.8. The molecule has 0 aliphatic carbocycles. The Morgan fingerprint density at radius 3 is 2.36 bits per heavy atom. The average Bonchev–Trinajstić information content (AvgIpc) is 3.29. The van der Waals surface area contributed by atoms with Crippen LogP contribution in [-0.2, 0) is 25.7 Å². The van der Waals surface area contributed by atoms with E-state index < -0.39 is 34.5 Å². The minimum atomic E-state index is -1.34. The molecule has 5 rings (SSSR count). The lowest BCUT2D eigenvalue weighted by Crippen LogP contribution is -2.48. The van der Waals surface area contributed by atoms with Gasteiger partial charge in [0, 0.05) is 49.0 Å². The number of nitrogens with one attached hydrogen (secondary N) is 1. The van der Waals surface area contributed by atoms with Crippen LogP contribution in [-0.4, -0.2) is 27.6 Å². The Labute approximate surface area is 250 Å². The van der Waals surface area contributed by atoms with Crippen LogP contribution in [0.25, 0.3) is 10.9 Å². The summed E-state index contributed by atoms with van der Waals surface area (Å²) in [6.07, 6.45) is 1.81. The molecule has 1 aromatic heterocycles. The topological polar surface area (TPSA) is 121 Å². The predicted octanol–water partition coefficient (Wildman–Crippen LogP) is 6.45. The standard InChI is InChI=1S/C28H22I2N2O7/c1-28(2)38-26(33)24(27(34)39-28)23(19-13-31-22-9-4-3-8-18(19)22)16-11-20(29)25(21(30)12-16)37-14-15-6-5-7-17(10-15)32(35)36/h3-13,23-24,31H,14H2,1-2H3/t23-/m1/s1. The minimum absolute atomic E-state index is 0.00755. The van der Waals surface area contributed by atoms with Crippen molar-refractivity contribution in [1.82, 2.24) is 4.98 Å². The Hall–Kier alpha value is -3.20. The number of halogens is 2. The largest absolute Gasteiger partial charge is 0.487 e. The highest BCUT2D eigenvalue weighted by Crippen LogP contribution is 2.43. The van der Waals surface area contributed by atoms with Gasteiger partial charge in [-0.3, -0.25) is 19.7 Å². The number of ether oxygens (including phenoxy) is 3. The third-order valence-corrected chi connectivity index (χ3v) is 7.98. The lowest BCUT2D eigenvalue weighted by atomic mass is 9.80. The quantitative estimate of drug-likeness (QED) is 0.0758. The van der Waals surface area contributed by atoms with Crippen molar-refractivity contribution in [2.75, 3.05) is 0 Å². The van der Waals surface area contributed by atoms with Crippen molar-refractivity contribution in [3.05, 3.63) is 101 Å². The fourth-order valence-corrected chi connectivity index (χ4v) is 6.84. The SMILES string of the molecule is CC1(C)OC(=O)C([C@H](c2cc(I)c(OCc3cccc([N+](=O)[O-])c3)c(I)c2)c2c[nH]c3ccccc23)C(=O)O1. The van der Waals surface area contributed by atoms with Crippen LogP contribution in [0.5, 0.6) is 5.75 Å². The van der Waals surface area contributed by atoms with Crippen molar-refractivity contribution in [2.24, 2.45) is 5.92 Å². The minimum Gasteiger partial charge on any atom is -0.487 e. The molecule has 0 saturated carbocycles. The van der Waals surface area contributed by atoms with Crippen LogP contribution >= 0.6 is 45.2 Å². The van der Waals surface area contributed by atoms with Crippen LogP contribution in [0.15, 0.2) is 66.9 Å². The first kappa shape index (κ1) is 27.4. The highest BCUT2D eigenvalue weighted by molar-refractivity contribution is 14.1. The molecule has 1 N–H and O–H groups in total. The smallest absolute Gasteiger partial charge is 0.324 e. The second-order valence-electron chi connectivity index (χ2n) is 9.52. The fraction of sp³-hybridized carbons (Fsp3) is 0.214. The first-order valence-electron chi connectivity index (χ1n) is 11.9. The molecule has 0 radical (unpaired) electrons. The number of carbonyl (C=O) groups excluding carboxylic acids is 2. The molecule has 0 bridgehead atoms. The zero-order valence-corrected chi connectivity index (χ0v) is 25.1. The van der Waals surface area contributed by atoms with Crippen LogP contribution in [0.1, 0.15) is 36.5 Å². The molecule has 2 heterocycles. The van der Waals surface area contributed by atoms with E-state index in [-0.39, 0.29) is 12.3 Å². The van der Waals surface area contributed by atoms with Crippen molar-refractivity contribution in [2.45, 2.75) is 32.2 Å². The summed E-state index contributed by atoms with van der Waals surface area (Å²) in [6, 6.07) is 17.7. The van der Waals surface area contributed by atoms with Gasteiger partial charge in [0.15, 0.2) is 5.92 Å². The Morgan fingerprint density at radius 1 is 1.03 bits per heavy atom. The molecule has 3 aromatic carbocycles. The first-order chi connectivity index (χ1) is 18.5. The number of hydrogen-bond acceptors (Lipinski definition) is 7. The van der Waals surface area contributed by atoms with Crippen molar-refractivity contribution >= 4 is 73.7 Å². The van der Waals surface area contributed by atoms with Gasteiger partial charge < -0.3 is 19.2 Å². The number of non-ortho nitro benzene ring substituents is 1. The van der Waals surface area contributed by atoms with Gasteiger partial charge in [-0.05, 0) is 80.1 Å². The number of hydrogen-bond donors (Lipinski definition) is 1. The summed E-state index contributed by atoms with van der Waals surface area (Å²) in [5, 5.41) is 12.0. The lowest BCUT2D eigenvalue weighted by Gasteiger charge is -2.36. The summed E-state index contributed by atoms with van der Waals surface area (Å²) in [5.74, 6) is -3.95. The van der Waals surface area contributed by atoms with Crippen molar-refractivity contribution in [1.29, 1.82) is 0 Å². The van der Waals surface area contributed by atoms with Crippen molar-refractivity contribution in [3.8, 4) is 5.75 Å². The molecule has 9 nitrogen and oxygen atoms in total. The molecule has 0 spiro atoms. The van der Waals surface area contributed by atoms with E-state index in [4.69, 9.17) is 14.2 Å². The molecule has 1 atom stereocenters. The zero-order chi connectivity index (χ0) is 27.9. The van der Waals surface area contributed by atoms with Gasteiger partial charge >= 0.3 is 11.9 Å². The van der Waals surface area contributed by atoms with Crippen LogP contribution in [0, 0.1) is 23.2 Å². The van der Waals surface area contributed by atoms with Crippen LogP contribution in [0.2, 0.25) is 0 Å². The summed E-state index contributed by atoms with van der Waals surface area (Å²) in [7, 11) is 0. The number of aromatic nitrogens is 1. The van der Waals surface area contributed by atoms with Gasteiger partial charge in [0.05, 0.1) is 12.1 Å². The molecule has 1 aliphatic heterocycles. The number of nitrogens with zero attached hydrogens (tertiary/aromatic N) is 1. The number of nitro benzene ring substituents is 1. The monoisotopic (exact) mass is 752 g/mol. The maximum Gasteiger partial charge on any atom is 0.324 e. The van der Waals surface area contributed by atoms with Gasteiger partial charge in [-0.1, -0.05) is 30.3 Å². The van der Waals surface area contributed by atoms with Gasteiger partial charge in [-0.2, -0.15) is 0 Å². The van der Waals surface area contributed by atoms with E-state index in [0.29, 0.717) is 11.3 Å².